The minimum Gasteiger partial charge on any atom is -0.317 e. The number of anilines is 1. The van der Waals surface area contributed by atoms with Crippen LogP contribution in [0.2, 0.25) is 0 Å². The van der Waals surface area contributed by atoms with Crippen molar-refractivity contribution in [2.75, 3.05) is 5.01 Å². The summed E-state index contributed by atoms with van der Waals surface area (Å²) >= 11 is 0. The van der Waals surface area contributed by atoms with E-state index in [9.17, 15) is 4.79 Å². The highest BCUT2D eigenvalue weighted by Crippen LogP contribution is 2.24. The SMILES string of the molecule is CCCCC1(CC)NC(=O)N(c2ccccc2)N1. The van der Waals surface area contributed by atoms with Gasteiger partial charge in [0.25, 0.3) is 0 Å². The van der Waals surface area contributed by atoms with Gasteiger partial charge in [0.1, 0.15) is 5.66 Å². The predicted octanol–water partition coefficient (Wildman–Crippen LogP) is 3.02. The minimum absolute atomic E-state index is 0.0702. The summed E-state index contributed by atoms with van der Waals surface area (Å²) in [7, 11) is 0. The van der Waals surface area contributed by atoms with Gasteiger partial charge in [-0.05, 0) is 31.4 Å². The van der Waals surface area contributed by atoms with Gasteiger partial charge < -0.3 is 5.32 Å². The zero-order valence-electron chi connectivity index (χ0n) is 11.1. The van der Waals surface area contributed by atoms with Crippen LogP contribution in [0.3, 0.4) is 0 Å². The van der Waals surface area contributed by atoms with Crippen molar-refractivity contribution in [1.82, 2.24) is 10.7 Å². The van der Waals surface area contributed by atoms with Crippen molar-refractivity contribution >= 4 is 11.7 Å². The number of hydrogen-bond donors (Lipinski definition) is 2. The quantitative estimate of drug-likeness (QED) is 0.840. The number of nitrogens with zero attached hydrogens (tertiary/aromatic N) is 1. The second-order valence-corrected chi connectivity index (χ2v) is 4.75. The minimum atomic E-state index is -0.289. The van der Waals surface area contributed by atoms with E-state index in [1.165, 1.54) is 0 Å². The second kappa shape index (κ2) is 5.40. The van der Waals surface area contributed by atoms with Crippen LogP contribution in [0.1, 0.15) is 39.5 Å². The molecule has 18 heavy (non-hydrogen) atoms. The van der Waals surface area contributed by atoms with Crippen LogP contribution in [-0.2, 0) is 0 Å². The topological polar surface area (TPSA) is 44.4 Å². The van der Waals surface area contributed by atoms with Gasteiger partial charge >= 0.3 is 6.03 Å². The van der Waals surface area contributed by atoms with Gasteiger partial charge in [0.2, 0.25) is 0 Å². The zero-order valence-corrected chi connectivity index (χ0v) is 11.1. The molecule has 4 heteroatoms. The molecule has 0 saturated carbocycles. The Labute approximate surface area is 108 Å². The van der Waals surface area contributed by atoms with Gasteiger partial charge in [-0.2, -0.15) is 0 Å². The molecule has 0 bridgehead atoms. The maximum Gasteiger partial charge on any atom is 0.338 e. The number of unbranched alkanes of at least 4 members (excludes halogenated alkanes) is 1. The lowest BCUT2D eigenvalue weighted by molar-refractivity contribution is 0.241. The molecular weight excluding hydrogens is 226 g/mol. The van der Waals surface area contributed by atoms with Crippen molar-refractivity contribution in [1.29, 1.82) is 0 Å². The highest BCUT2D eigenvalue weighted by atomic mass is 16.2. The lowest BCUT2D eigenvalue weighted by Gasteiger charge is -2.28. The molecule has 1 aromatic rings. The van der Waals surface area contributed by atoms with E-state index in [1.807, 2.05) is 30.3 Å². The van der Waals surface area contributed by atoms with Crippen molar-refractivity contribution in [3.8, 4) is 0 Å². The molecular formula is C14H21N3O. The molecule has 1 aromatic carbocycles. The lowest BCUT2D eigenvalue weighted by atomic mass is 10.0. The van der Waals surface area contributed by atoms with E-state index >= 15 is 0 Å². The molecule has 4 nitrogen and oxygen atoms in total. The number of rotatable bonds is 5. The third-order valence-electron chi connectivity index (χ3n) is 3.45. The zero-order chi connectivity index (χ0) is 13.0. The first-order valence-corrected chi connectivity index (χ1v) is 6.66. The molecule has 2 amide bonds. The molecule has 0 spiro atoms. The summed E-state index contributed by atoms with van der Waals surface area (Å²) in [5, 5.41) is 4.69. The Kier molecular flexibility index (Phi) is 3.87. The van der Waals surface area contributed by atoms with E-state index in [0.29, 0.717) is 0 Å². The van der Waals surface area contributed by atoms with Gasteiger partial charge in [-0.3, -0.25) is 0 Å². The van der Waals surface area contributed by atoms with Gasteiger partial charge in [-0.15, -0.1) is 0 Å². The third-order valence-corrected chi connectivity index (χ3v) is 3.45. The van der Waals surface area contributed by atoms with Crippen molar-refractivity contribution < 1.29 is 4.79 Å². The fourth-order valence-corrected chi connectivity index (χ4v) is 2.25. The number of carbonyl (C=O) groups is 1. The van der Waals surface area contributed by atoms with Gasteiger partial charge in [0.05, 0.1) is 5.69 Å². The Morgan fingerprint density at radius 2 is 1.94 bits per heavy atom. The van der Waals surface area contributed by atoms with Crippen molar-refractivity contribution in [3.63, 3.8) is 0 Å². The Morgan fingerprint density at radius 1 is 1.22 bits per heavy atom. The number of carbonyl (C=O) groups excluding carboxylic acids is 1. The van der Waals surface area contributed by atoms with Crippen LogP contribution in [-0.4, -0.2) is 11.7 Å². The maximum atomic E-state index is 12.1. The first-order chi connectivity index (χ1) is 8.71. The average molecular weight is 247 g/mol. The summed E-state index contributed by atoms with van der Waals surface area (Å²) < 4.78 is 0. The molecule has 98 valence electrons. The van der Waals surface area contributed by atoms with Gasteiger partial charge in [0, 0.05) is 0 Å². The molecule has 1 aliphatic heterocycles. The Hall–Kier alpha value is -1.55. The number of para-hydroxylation sites is 1. The number of urea groups is 1. The molecule has 1 heterocycles. The normalized spacial score (nSPS) is 23.2. The van der Waals surface area contributed by atoms with Gasteiger partial charge in [-0.25, -0.2) is 15.2 Å². The summed E-state index contributed by atoms with van der Waals surface area (Å²) in [6, 6.07) is 9.60. The fraction of sp³-hybridized carbons (Fsp3) is 0.500. The van der Waals surface area contributed by atoms with Crippen LogP contribution in [0.15, 0.2) is 30.3 Å². The molecule has 2 rings (SSSR count). The van der Waals surface area contributed by atoms with Crippen molar-refractivity contribution in [3.05, 3.63) is 30.3 Å². The molecule has 1 saturated heterocycles. The number of amides is 2. The molecule has 1 aliphatic rings. The Balaban J connectivity index is 2.14. The molecule has 1 unspecified atom stereocenters. The standard InChI is InChI=1S/C14H21N3O/c1-3-5-11-14(4-2)15-13(18)17(16-14)12-9-7-6-8-10-12/h6-10,16H,3-5,11H2,1-2H3,(H,15,18). The van der Waals surface area contributed by atoms with E-state index in [0.717, 1.165) is 31.4 Å². The highest BCUT2D eigenvalue weighted by Gasteiger charge is 2.40. The number of hydrazine groups is 1. The van der Waals surface area contributed by atoms with Crippen molar-refractivity contribution in [2.45, 2.75) is 45.2 Å². The van der Waals surface area contributed by atoms with Crippen molar-refractivity contribution in [2.24, 2.45) is 0 Å². The second-order valence-electron chi connectivity index (χ2n) is 4.75. The fourth-order valence-electron chi connectivity index (χ4n) is 2.25. The molecule has 0 aromatic heterocycles. The maximum absolute atomic E-state index is 12.1. The molecule has 0 radical (unpaired) electrons. The molecule has 1 atom stereocenters. The average Bonchev–Trinajstić information content (AvgIpc) is 2.75. The van der Waals surface area contributed by atoms with Crippen LogP contribution < -0.4 is 15.8 Å². The highest BCUT2D eigenvalue weighted by molar-refractivity contribution is 5.93. The number of hydrogen-bond acceptors (Lipinski definition) is 2. The predicted molar refractivity (Wildman–Crippen MR) is 73.1 cm³/mol. The lowest BCUT2D eigenvalue weighted by Crippen LogP contribution is -2.50. The molecule has 1 fully saturated rings. The summed E-state index contributed by atoms with van der Waals surface area (Å²) in [4.78, 5) is 12.1. The third kappa shape index (κ3) is 2.48. The van der Waals surface area contributed by atoms with Gasteiger partial charge in [-0.1, -0.05) is 38.5 Å². The van der Waals surface area contributed by atoms with Crippen LogP contribution in [0.25, 0.3) is 0 Å². The van der Waals surface area contributed by atoms with E-state index in [1.54, 1.807) is 5.01 Å². The summed E-state index contributed by atoms with van der Waals surface area (Å²) in [6.45, 7) is 4.26. The Bertz CT molecular complexity index is 407. The molecule has 2 N–H and O–H groups in total. The van der Waals surface area contributed by atoms with Crippen LogP contribution in [0.4, 0.5) is 10.5 Å². The van der Waals surface area contributed by atoms with E-state index in [4.69, 9.17) is 0 Å². The monoisotopic (exact) mass is 247 g/mol. The van der Waals surface area contributed by atoms with Crippen LogP contribution in [0.5, 0.6) is 0 Å². The van der Waals surface area contributed by atoms with E-state index in [-0.39, 0.29) is 11.7 Å². The van der Waals surface area contributed by atoms with Crippen LogP contribution >= 0.6 is 0 Å². The van der Waals surface area contributed by atoms with E-state index in [2.05, 4.69) is 24.6 Å². The first kappa shape index (κ1) is 12.9. The van der Waals surface area contributed by atoms with Gasteiger partial charge in [0.15, 0.2) is 0 Å². The summed E-state index contributed by atoms with van der Waals surface area (Å²) in [5.41, 5.74) is 3.92. The largest absolute Gasteiger partial charge is 0.338 e. The van der Waals surface area contributed by atoms with Crippen LogP contribution in [0, 0.1) is 0 Å². The number of nitrogens with one attached hydrogen (secondary N) is 2. The smallest absolute Gasteiger partial charge is 0.317 e. The Morgan fingerprint density at radius 3 is 2.56 bits per heavy atom. The molecule has 0 aliphatic carbocycles. The van der Waals surface area contributed by atoms with E-state index < -0.39 is 0 Å². The number of benzene rings is 1. The summed E-state index contributed by atoms with van der Waals surface area (Å²) in [5.74, 6) is 0. The summed E-state index contributed by atoms with van der Waals surface area (Å²) in [6.07, 6.45) is 4.06. The first-order valence-electron chi connectivity index (χ1n) is 6.66.